The van der Waals surface area contributed by atoms with E-state index in [2.05, 4.69) is 0 Å². The van der Waals surface area contributed by atoms with Crippen molar-refractivity contribution < 1.29 is 14.1 Å². The highest BCUT2D eigenvalue weighted by atomic mass is 19.1. The van der Waals surface area contributed by atoms with Gasteiger partial charge in [-0.15, -0.1) is 0 Å². The second-order valence-corrected chi connectivity index (χ2v) is 6.47. The lowest BCUT2D eigenvalue weighted by molar-refractivity contribution is -0.384. The Kier molecular flexibility index (Phi) is 5.10. The summed E-state index contributed by atoms with van der Waals surface area (Å²) in [6.07, 6.45) is 8.50. The second kappa shape index (κ2) is 7.25. The van der Waals surface area contributed by atoms with E-state index in [1.165, 1.54) is 31.4 Å². The highest BCUT2D eigenvalue weighted by molar-refractivity contribution is 5.63. The number of hydrogen-bond donors (Lipinski definition) is 0. The predicted molar refractivity (Wildman–Crippen MR) is 86.2 cm³/mol. The summed E-state index contributed by atoms with van der Waals surface area (Å²) in [5, 5.41) is 11.1. The average molecular weight is 322 g/mol. The van der Waals surface area contributed by atoms with Gasteiger partial charge >= 0.3 is 0 Å². The van der Waals surface area contributed by atoms with Crippen molar-refractivity contribution in [3.63, 3.8) is 0 Å². The maximum atomic E-state index is 13.3. The van der Waals surface area contributed by atoms with Crippen LogP contribution in [-0.2, 0) is 4.74 Å². The van der Waals surface area contributed by atoms with Crippen molar-refractivity contribution in [3.8, 4) is 0 Å². The van der Waals surface area contributed by atoms with Gasteiger partial charge in [0.05, 0.1) is 23.2 Å². The molecule has 0 atom stereocenters. The van der Waals surface area contributed by atoms with E-state index in [4.69, 9.17) is 4.74 Å². The molecule has 2 fully saturated rings. The van der Waals surface area contributed by atoms with Gasteiger partial charge < -0.3 is 9.64 Å². The summed E-state index contributed by atoms with van der Waals surface area (Å²) in [4.78, 5) is 12.6. The molecule has 1 heterocycles. The maximum Gasteiger partial charge on any atom is 0.295 e. The molecule has 0 amide bonds. The molecular weight excluding hydrogens is 299 g/mol. The first-order valence-corrected chi connectivity index (χ1v) is 8.48. The molecule has 2 aliphatic rings. The normalized spacial score (nSPS) is 20.7. The molecule has 0 radical (unpaired) electrons. The third-order valence-corrected chi connectivity index (χ3v) is 4.85. The Labute approximate surface area is 135 Å². The SMILES string of the molecule is O=[N+]([O-])c1cc(F)ccc1N1CCC(OC2CCCCC2)CC1. The van der Waals surface area contributed by atoms with Gasteiger partial charge in [-0.05, 0) is 37.8 Å². The van der Waals surface area contributed by atoms with Gasteiger partial charge in [-0.1, -0.05) is 19.3 Å². The number of ether oxygens (including phenoxy) is 1. The molecule has 5 nitrogen and oxygen atoms in total. The fourth-order valence-electron chi connectivity index (χ4n) is 3.62. The molecule has 1 aliphatic heterocycles. The number of anilines is 1. The Balaban J connectivity index is 1.59. The lowest BCUT2D eigenvalue weighted by atomic mass is 9.97. The number of piperidine rings is 1. The lowest BCUT2D eigenvalue weighted by Gasteiger charge is -2.35. The van der Waals surface area contributed by atoms with Gasteiger partial charge in [0, 0.05) is 13.1 Å². The molecule has 0 spiro atoms. The zero-order valence-electron chi connectivity index (χ0n) is 13.2. The van der Waals surface area contributed by atoms with Crippen LogP contribution in [0.5, 0.6) is 0 Å². The standard InChI is InChI=1S/C17H23FN2O3/c18-13-6-7-16(17(12-13)20(21)22)19-10-8-15(9-11-19)23-14-4-2-1-3-5-14/h6-7,12,14-15H,1-5,8-11H2. The molecule has 23 heavy (non-hydrogen) atoms. The van der Waals surface area contributed by atoms with Gasteiger partial charge in [-0.25, -0.2) is 4.39 Å². The van der Waals surface area contributed by atoms with Crippen molar-refractivity contribution in [1.82, 2.24) is 0 Å². The molecule has 126 valence electrons. The largest absolute Gasteiger partial charge is 0.375 e. The van der Waals surface area contributed by atoms with Gasteiger partial charge in [0.1, 0.15) is 11.5 Å². The Hall–Kier alpha value is -1.69. The molecule has 0 N–H and O–H groups in total. The van der Waals surface area contributed by atoms with E-state index in [0.29, 0.717) is 24.9 Å². The first-order chi connectivity index (χ1) is 11.1. The van der Waals surface area contributed by atoms with E-state index < -0.39 is 10.7 Å². The minimum atomic E-state index is -0.573. The number of rotatable bonds is 4. The van der Waals surface area contributed by atoms with E-state index in [9.17, 15) is 14.5 Å². The predicted octanol–water partition coefficient (Wildman–Crippen LogP) is 4.05. The molecule has 1 aromatic rings. The van der Waals surface area contributed by atoms with Gasteiger partial charge in [0.15, 0.2) is 0 Å². The van der Waals surface area contributed by atoms with Crippen molar-refractivity contribution in [2.75, 3.05) is 18.0 Å². The zero-order valence-corrected chi connectivity index (χ0v) is 13.2. The van der Waals surface area contributed by atoms with Crippen LogP contribution in [0.3, 0.4) is 0 Å². The Bertz CT molecular complexity index is 553. The van der Waals surface area contributed by atoms with E-state index in [-0.39, 0.29) is 11.8 Å². The number of nitro groups is 1. The highest BCUT2D eigenvalue weighted by Gasteiger charge is 2.27. The Morgan fingerprint density at radius 3 is 2.39 bits per heavy atom. The van der Waals surface area contributed by atoms with Crippen LogP contribution in [0.1, 0.15) is 44.9 Å². The first-order valence-electron chi connectivity index (χ1n) is 8.48. The van der Waals surface area contributed by atoms with Crippen LogP contribution >= 0.6 is 0 Å². The van der Waals surface area contributed by atoms with Crippen molar-refractivity contribution in [1.29, 1.82) is 0 Å². The topological polar surface area (TPSA) is 55.6 Å². The first kappa shape index (κ1) is 16.2. The van der Waals surface area contributed by atoms with Gasteiger partial charge in [0.25, 0.3) is 5.69 Å². The number of nitro benzene ring substituents is 1. The minimum Gasteiger partial charge on any atom is -0.375 e. The quantitative estimate of drug-likeness (QED) is 0.620. The molecular formula is C17H23FN2O3. The van der Waals surface area contributed by atoms with Crippen molar-refractivity contribution in [2.45, 2.75) is 57.2 Å². The van der Waals surface area contributed by atoms with Crippen LogP contribution in [0, 0.1) is 15.9 Å². The summed E-state index contributed by atoms with van der Waals surface area (Å²) in [5.74, 6) is -0.573. The van der Waals surface area contributed by atoms with E-state index in [0.717, 1.165) is 31.7 Å². The van der Waals surface area contributed by atoms with E-state index in [1.807, 2.05) is 4.90 Å². The average Bonchev–Trinajstić information content (AvgIpc) is 2.56. The number of hydrogen-bond acceptors (Lipinski definition) is 4. The monoisotopic (exact) mass is 322 g/mol. The molecule has 0 bridgehead atoms. The van der Waals surface area contributed by atoms with Crippen LogP contribution in [0.4, 0.5) is 15.8 Å². The van der Waals surface area contributed by atoms with Gasteiger partial charge in [0.2, 0.25) is 0 Å². The summed E-state index contributed by atoms with van der Waals surface area (Å²) >= 11 is 0. The van der Waals surface area contributed by atoms with Crippen LogP contribution in [-0.4, -0.2) is 30.2 Å². The second-order valence-electron chi connectivity index (χ2n) is 6.47. The molecule has 3 rings (SSSR count). The summed E-state index contributed by atoms with van der Waals surface area (Å²) in [5.41, 5.74) is 0.351. The molecule has 0 unspecified atom stereocenters. The van der Waals surface area contributed by atoms with Gasteiger partial charge in [-0.2, -0.15) is 0 Å². The summed E-state index contributed by atoms with van der Waals surface area (Å²) in [6, 6.07) is 3.79. The van der Waals surface area contributed by atoms with Gasteiger partial charge in [-0.3, -0.25) is 10.1 Å². The van der Waals surface area contributed by atoms with Crippen LogP contribution in [0.15, 0.2) is 18.2 Å². The molecule has 1 saturated carbocycles. The summed E-state index contributed by atoms with van der Waals surface area (Å²) < 4.78 is 19.4. The molecule has 6 heteroatoms. The molecule has 1 aliphatic carbocycles. The summed E-state index contributed by atoms with van der Waals surface area (Å²) in [6.45, 7) is 1.42. The van der Waals surface area contributed by atoms with Crippen LogP contribution < -0.4 is 4.90 Å². The number of nitrogens with zero attached hydrogens (tertiary/aromatic N) is 2. The van der Waals surface area contributed by atoms with Crippen molar-refractivity contribution >= 4 is 11.4 Å². The number of halogens is 1. The molecule has 1 saturated heterocycles. The Morgan fingerprint density at radius 1 is 1.09 bits per heavy atom. The summed E-state index contributed by atoms with van der Waals surface area (Å²) in [7, 11) is 0. The van der Waals surface area contributed by atoms with Crippen molar-refractivity contribution in [3.05, 3.63) is 34.1 Å². The maximum absolute atomic E-state index is 13.3. The zero-order chi connectivity index (χ0) is 16.2. The smallest absolute Gasteiger partial charge is 0.295 e. The van der Waals surface area contributed by atoms with Crippen LogP contribution in [0.2, 0.25) is 0 Å². The molecule has 1 aromatic carbocycles. The fourth-order valence-corrected chi connectivity index (χ4v) is 3.62. The van der Waals surface area contributed by atoms with Crippen LogP contribution in [0.25, 0.3) is 0 Å². The molecule has 0 aromatic heterocycles. The minimum absolute atomic E-state index is 0.156. The van der Waals surface area contributed by atoms with Crippen molar-refractivity contribution in [2.24, 2.45) is 0 Å². The lowest BCUT2D eigenvalue weighted by Crippen LogP contribution is -2.39. The van der Waals surface area contributed by atoms with E-state index in [1.54, 1.807) is 0 Å². The van der Waals surface area contributed by atoms with E-state index >= 15 is 0 Å². The Morgan fingerprint density at radius 2 is 1.74 bits per heavy atom. The third kappa shape index (κ3) is 3.99. The third-order valence-electron chi connectivity index (χ3n) is 4.85. The number of benzene rings is 1. The highest BCUT2D eigenvalue weighted by Crippen LogP contribution is 2.32. The fraction of sp³-hybridized carbons (Fsp3) is 0.647.